The van der Waals surface area contributed by atoms with Crippen LogP contribution in [0, 0.1) is 0 Å². The lowest BCUT2D eigenvalue weighted by Crippen LogP contribution is -2.22. The summed E-state index contributed by atoms with van der Waals surface area (Å²) in [6.45, 7) is 1.49. The molecule has 1 fully saturated rings. The Balaban J connectivity index is 1.50. The molecule has 3 rings (SSSR count). The number of hydrogen-bond acceptors (Lipinski definition) is 3. The van der Waals surface area contributed by atoms with Gasteiger partial charge in [-0.3, -0.25) is 0 Å². The van der Waals surface area contributed by atoms with E-state index in [9.17, 15) is 0 Å². The molecule has 0 radical (unpaired) electrons. The van der Waals surface area contributed by atoms with Crippen LogP contribution in [-0.4, -0.2) is 6.10 Å². The number of hydrogen-bond donors (Lipinski definition) is 2. The first-order chi connectivity index (χ1) is 11.4. The fourth-order valence-electron chi connectivity index (χ4n) is 3.07. The standard InChI is InChI=1S/C20H26N2O/c1-3-11-19(12-4-1)22-21-15-17-9-7-8-10-18(17)16-23-20-13-5-2-6-14-20/h1,3-4,7-12,20-22H,2,5-6,13-16H2. The molecular weight excluding hydrogens is 284 g/mol. The summed E-state index contributed by atoms with van der Waals surface area (Å²) < 4.78 is 6.13. The van der Waals surface area contributed by atoms with Gasteiger partial charge in [-0.15, -0.1) is 0 Å². The fourth-order valence-corrected chi connectivity index (χ4v) is 3.07. The van der Waals surface area contributed by atoms with Crippen molar-refractivity contribution >= 4 is 5.69 Å². The summed E-state index contributed by atoms with van der Waals surface area (Å²) in [5.41, 5.74) is 10.2. The first-order valence-electron chi connectivity index (χ1n) is 8.64. The zero-order chi connectivity index (χ0) is 15.7. The van der Waals surface area contributed by atoms with Crippen LogP contribution in [0.25, 0.3) is 0 Å². The van der Waals surface area contributed by atoms with Crippen LogP contribution in [0.15, 0.2) is 54.6 Å². The van der Waals surface area contributed by atoms with Gasteiger partial charge in [-0.05, 0) is 36.1 Å². The topological polar surface area (TPSA) is 33.3 Å². The highest BCUT2D eigenvalue weighted by molar-refractivity contribution is 5.41. The predicted molar refractivity (Wildman–Crippen MR) is 95.0 cm³/mol. The molecule has 0 aromatic heterocycles. The van der Waals surface area contributed by atoms with Crippen LogP contribution < -0.4 is 10.9 Å². The van der Waals surface area contributed by atoms with Crippen molar-refractivity contribution in [2.75, 3.05) is 5.43 Å². The minimum absolute atomic E-state index is 0.451. The predicted octanol–water partition coefficient (Wildman–Crippen LogP) is 4.65. The maximum absolute atomic E-state index is 6.13. The van der Waals surface area contributed by atoms with Crippen LogP contribution in [0.4, 0.5) is 5.69 Å². The zero-order valence-corrected chi connectivity index (χ0v) is 13.6. The molecule has 3 nitrogen and oxygen atoms in total. The molecule has 0 aliphatic heterocycles. The maximum atomic E-state index is 6.13. The summed E-state index contributed by atoms with van der Waals surface area (Å²) in [5, 5.41) is 0. The van der Waals surface area contributed by atoms with Gasteiger partial charge < -0.3 is 10.2 Å². The molecule has 1 aliphatic carbocycles. The first-order valence-corrected chi connectivity index (χ1v) is 8.64. The lowest BCUT2D eigenvalue weighted by atomic mass is 9.98. The highest BCUT2D eigenvalue weighted by Gasteiger charge is 2.14. The molecule has 122 valence electrons. The summed E-state index contributed by atoms with van der Waals surface area (Å²) in [6.07, 6.45) is 6.88. The van der Waals surface area contributed by atoms with Crippen LogP contribution in [0.3, 0.4) is 0 Å². The summed E-state index contributed by atoms with van der Waals surface area (Å²) in [7, 11) is 0. The molecule has 3 heteroatoms. The highest BCUT2D eigenvalue weighted by Crippen LogP contribution is 2.22. The molecule has 2 N–H and O–H groups in total. The summed E-state index contributed by atoms with van der Waals surface area (Å²) in [4.78, 5) is 0. The molecule has 0 amide bonds. The highest BCUT2D eigenvalue weighted by atomic mass is 16.5. The monoisotopic (exact) mass is 310 g/mol. The SMILES string of the molecule is c1ccc(NNCc2ccccc2COC2CCCCC2)cc1. The zero-order valence-electron chi connectivity index (χ0n) is 13.6. The van der Waals surface area contributed by atoms with Crippen molar-refractivity contribution < 1.29 is 4.74 Å². The van der Waals surface area contributed by atoms with Crippen molar-refractivity contribution in [2.24, 2.45) is 0 Å². The molecule has 0 bridgehead atoms. The number of benzene rings is 2. The number of para-hydroxylation sites is 1. The van der Waals surface area contributed by atoms with Crippen LogP contribution in [0.5, 0.6) is 0 Å². The van der Waals surface area contributed by atoms with Gasteiger partial charge in [0.2, 0.25) is 0 Å². The van der Waals surface area contributed by atoms with Gasteiger partial charge in [0.25, 0.3) is 0 Å². The van der Waals surface area contributed by atoms with Crippen molar-refractivity contribution in [1.82, 2.24) is 5.43 Å². The van der Waals surface area contributed by atoms with Crippen molar-refractivity contribution in [3.05, 3.63) is 65.7 Å². The Morgan fingerprint density at radius 2 is 1.52 bits per heavy atom. The molecule has 0 atom stereocenters. The second-order valence-electron chi connectivity index (χ2n) is 6.18. The Morgan fingerprint density at radius 3 is 2.30 bits per heavy atom. The van der Waals surface area contributed by atoms with E-state index in [-0.39, 0.29) is 0 Å². The van der Waals surface area contributed by atoms with Crippen molar-refractivity contribution in [3.63, 3.8) is 0 Å². The molecule has 0 saturated heterocycles. The average molecular weight is 310 g/mol. The summed E-state index contributed by atoms with van der Waals surface area (Å²) in [6, 6.07) is 18.7. The van der Waals surface area contributed by atoms with Gasteiger partial charge in [-0.2, -0.15) is 0 Å². The third-order valence-electron chi connectivity index (χ3n) is 4.43. The van der Waals surface area contributed by atoms with Gasteiger partial charge >= 0.3 is 0 Å². The molecule has 0 heterocycles. The molecular formula is C20H26N2O. The first kappa shape index (κ1) is 16.0. The van der Waals surface area contributed by atoms with Crippen molar-refractivity contribution in [1.29, 1.82) is 0 Å². The summed E-state index contributed by atoms with van der Waals surface area (Å²) >= 11 is 0. The third-order valence-corrected chi connectivity index (χ3v) is 4.43. The normalized spacial score (nSPS) is 15.5. The summed E-state index contributed by atoms with van der Waals surface area (Å²) in [5.74, 6) is 0. The van der Waals surface area contributed by atoms with Crippen LogP contribution >= 0.6 is 0 Å². The van der Waals surface area contributed by atoms with E-state index in [1.54, 1.807) is 0 Å². The van der Waals surface area contributed by atoms with Gasteiger partial charge in [-0.25, -0.2) is 5.43 Å². The Kier molecular flexibility index (Phi) is 6.07. The molecule has 23 heavy (non-hydrogen) atoms. The Bertz CT molecular complexity index is 579. The molecule has 0 spiro atoms. The smallest absolute Gasteiger partial charge is 0.0723 e. The third kappa shape index (κ3) is 5.08. The average Bonchev–Trinajstić information content (AvgIpc) is 2.63. The van der Waals surface area contributed by atoms with E-state index in [0.717, 1.165) is 12.2 Å². The number of ether oxygens (including phenoxy) is 1. The van der Waals surface area contributed by atoms with E-state index in [0.29, 0.717) is 12.7 Å². The van der Waals surface area contributed by atoms with E-state index < -0.39 is 0 Å². The maximum Gasteiger partial charge on any atom is 0.0723 e. The second kappa shape index (κ2) is 8.70. The number of hydrazine groups is 1. The molecule has 0 unspecified atom stereocenters. The molecule has 2 aromatic rings. The lowest BCUT2D eigenvalue weighted by Gasteiger charge is -2.22. The molecule has 1 aliphatic rings. The van der Waals surface area contributed by atoms with E-state index >= 15 is 0 Å². The Morgan fingerprint density at radius 1 is 0.826 bits per heavy atom. The largest absolute Gasteiger partial charge is 0.374 e. The van der Waals surface area contributed by atoms with E-state index in [4.69, 9.17) is 4.74 Å². The Labute approximate surface area is 139 Å². The van der Waals surface area contributed by atoms with Gasteiger partial charge in [0.15, 0.2) is 0 Å². The van der Waals surface area contributed by atoms with Crippen molar-refractivity contribution in [2.45, 2.75) is 51.4 Å². The van der Waals surface area contributed by atoms with Gasteiger partial charge in [-0.1, -0.05) is 61.7 Å². The van der Waals surface area contributed by atoms with Gasteiger partial charge in [0.1, 0.15) is 0 Å². The quantitative estimate of drug-likeness (QED) is 0.730. The van der Waals surface area contributed by atoms with E-state index in [2.05, 4.69) is 35.1 Å². The van der Waals surface area contributed by atoms with E-state index in [1.165, 1.54) is 43.2 Å². The van der Waals surface area contributed by atoms with Crippen LogP contribution in [0.1, 0.15) is 43.2 Å². The minimum Gasteiger partial charge on any atom is -0.374 e. The minimum atomic E-state index is 0.451. The lowest BCUT2D eigenvalue weighted by molar-refractivity contribution is 0.0165. The molecule has 2 aromatic carbocycles. The second-order valence-corrected chi connectivity index (χ2v) is 6.18. The number of anilines is 1. The van der Waals surface area contributed by atoms with Crippen LogP contribution in [0.2, 0.25) is 0 Å². The number of nitrogens with one attached hydrogen (secondary N) is 2. The van der Waals surface area contributed by atoms with Crippen LogP contribution in [-0.2, 0) is 17.9 Å². The fraction of sp³-hybridized carbons (Fsp3) is 0.400. The Hall–Kier alpha value is -1.84. The van der Waals surface area contributed by atoms with Gasteiger partial charge in [0, 0.05) is 12.2 Å². The van der Waals surface area contributed by atoms with E-state index in [1.807, 2.05) is 30.3 Å². The van der Waals surface area contributed by atoms with Gasteiger partial charge in [0.05, 0.1) is 12.7 Å². The van der Waals surface area contributed by atoms with Crippen molar-refractivity contribution in [3.8, 4) is 0 Å². The number of rotatable bonds is 7. The molecule has 1 saturated carbocycles.